The Morgan fingerprint density at radius 2 is 1.85 bits per heavy atom. The highest BCUT2D eigenvalue weighted by molar-refractivity contribution is 7.86. The van der Waals surface area contributed by atoms with Gasteiger partial charge in [0.2, 0.25) is 0 Å². The average Bonchev–Trinajstić information content (AvgIpc) is 2.42. The Hall–Kier alpha value is -0.170. The van der Waals surface area contributed by atoms with E-state index in [1.165, 1.54) is 0 Å². The van der Waals surface area contributed by atoms with Gasteiger partial charge in [0, 0.05) is 32.2 Å². The smallest absolute Gasteiger partial charge is 0.281 e. The van der Waals surface area contributed by atoms with E-state index >= 15 is 0 Å². The first-order valence-corrected chi connectivity index (χ1v) is 9.30. The van der Waals surface area contributed by atoms with Gasteiger partial charge in [-0.3, -0.25) is 0 Å². The molecule has 0 aliphatic carbocycles. The summed E-state index contributed by atoms with van der Waals surface area (Å²) >= 11 is 0. The molecule has 6 heteroatoms. The zero-order valence-corrected chi connectivity index (χ0v) is 14.2. The molecule has 1 aliphatic heterocycles. The quantitative estimate of drug-likeness (QED) is 0.742. The van der Waals surface area contributed by atoms with Crippen LogP contribution in [0, 0.1) is 5.92 Å². The van der Waals surface area contributed by atoms with Gasteiger partial charge >= 0.3 is 0 Å². The second-order valence-electron chi connectivity index (χ2n) is 5.90. The van der Waals surface area contributed by atoms with E-state index < -0.39 is 10.2 Å². The van der Waals surface area contributed by atoms with Crippen LogP contribution >= 0.6 is 0 Å². The molecule has 1 N–H and O–H groups in total. The minimum Gasteiger partial charge on any atom is -0.314 e. The molecule has 0 aromatic heterocycles. The second kappa shape index (κ2) is 8.32. The molecular weight excluding hydrogens is 274 g/mol. The minimum atomic E-state index is -3.24. The normalized spacial score (nSPS) is 19.1. The van der Waals surface area contributed by atoms with Crippen LogP contribution in [0.3, 0.4) is 0 Å². The highest BCUT2D eigenvalue weighted by Gasteiger charge is 2.31. The maximum atomic E-state index is 12.5. The third-order valence-electron chi connectivity index (χ3n) is 3.87. The lowest BCUT2D eigenvalue weighted by molar-refractivity contribution is 0.247. The SMILES string of the molecule is CCCN(CC)S(=O)(=O)N1CCC(CNC(C)C)CC1. The minimum absolute atomic E-state index is 0.497. The molecule has 0 bridgehead atoms. The van der Waals surface area contributed by atoms with Gasteiger partial charge < -0.3 is 5.32 Å². The standard InChI is InChI=1S/C14H31N3O2S/c1-5-9-16(6-2)20(18,19)17-10-7-14(8-11-17)12-15-13(3)4/h13-15H,5-12H2,1-4H3. The maximum absolute atomic E-state index is 12.5. The van der Waals surface area contributed by atoms with Crippen molar-refractivity contribution in [1.29, 1.82) is 0 Å². The van der Waals surface area contributed by atoms with Crippen LogP contribution in [0.2, 0.25) is 0 Å². The van der Waals surface area contributed by atoms with Gasteiger partial charge in [0.1, 0.15) is 0 Å². The average molecular weight is 305 g/mol. The molecule has 1 aliphatic rings. The van der Waals surface area contributed by atoms with E-state index in [1.807, 2.05) is 13.8 Å². The summed E-state index contributed by atoms with van der Waals surface area (Å²) < 4.78 is 28.3. The van der Waals surface area contributed by atoms with Gasteiger partial charge in [0.15, 0.2) is 0 Å². The van der Waals surface area contributed by atoms with Crippen LogP contribution in [0.1, 0.15) is 47.0 Å². The fourth-order valence-corrected chi connectivity index (χ4v) is 4.33. The van der Waals surface area contributed by atoms with E-state index in [9.17, 15) is 8.42 Å². The van der Waals surface area contributed by atoms with E-state index in [4.69, 9.17) is 0 Å². The summed E-state index contributed by atoms with van der Waals surface area (Å²) in [6, 6.07) is 0.497. The van der Waals surface area contributed by atoms with Gasteiger partial charge in [-0.25, -0.2) is 0 Å². The van der Waals surface area contributed by atoms with E-state index in [0.717, 1.165) is 25.8 Å². The third-order valence-corrected chi connectivity index (χ3v) is 5.98. The molecule has 0 spiro atoms. The Morgan fingerprint density at radius 1 is 1.25 bits per heavy atom. The molecule has 0 atom stereocenters. The Morgan fingerprint density at radius 3 is 2.30 bits per heavy atom. The van der Waals surface area contributed by atoms with Crippen molar-refractivity contribution in [2.45, 2.75) is 53.0 Å². The zero-order valence-electron chi connectivity index (χ0n) is 13.4. The van der Waals surface area contributed by atoms with Crippen LogP contribution in [-0.2, 0) is 10.2 Å². The van der Waals surface area contributed by atoms with Gasteiger partial charge in [-0.1, -0.05) is 27.7 Å². The van der Waals surface area contributed by atoms with E-state index in [0.29, 0.717) is 38.1 Å². The Kier molecular flexibility index (Phi) is 7.43. The lowest BCUT2D eigenvalue weighted by atomic mass is 9.98. The van der Waals surface area contributed by atoms with Crippen LogP contribution in [0.5, 0.6) is 0 Å². The summed E-state index contributed by atoms with van der Waals surface area (Å²) in [4.78, 5) is 0. The highest BCUT2D eigenvalue weighted by Crippen LogP contribution is 2.21. The molecule has 20 heavy (non-hydrogen) atoms. The number of rotatable bonds is 8. The van der Waals surface area contributed by atoms with Crippen LogP contribution < -0.4 is 5.32 Å². The van der Waals surface area contributed by atoms with Crippen molar-refractivity contribution in [3.8, 4) is 0 Å². The predicted molar refractivity (Wildman–Crippen MR) is 83.9 cm³/mol. The lowest BCUT2D eigenvalue weighted by Gasteiger charge is -2.34. The van der Waals surface area contributed by atoms with Crippen molar-refractivity contribution in [3.05, 3.63) is 0 Å². The molecule has 5 nitrogen and oxygen atoms in total. The first-order chi connectivity index (χ1) is 9.41. The van der Waals surface area contributed by atoms with Gasteiger partial charge in [0.25, 0.3) is 10.2 Å². The summed E-state index contributed by atoms with van der Waals surface area (Å²) in [5.74, 6) is 0.602. The number of nitrogens with one attached hydrogen (secondary N) is 1. The van der Waals surface area contributed by atoms with Crippen LogP contribution in [-0.4, -0.2) is 55.8 Å². The van der Waals surface area contributed by atoms with E-state index in [-0.39, 0.29) is 0 Å². The van der Waals surface area contributed by atoms with Crippen LogP contribution in [0.4, 0.5) is 0 Å². The number of piperidine rings is 1. The van der Waals surface area contributed by atoms with Crippen molar-refractivity contribution < 1.29 is 8.42 Å². The van der Waals surface area contributed by atoms with E-state index in [1.54, 1.807) is 8.61 Å². The summed E-state index contributed by atoms with van der Waals surface area (Å²) in [5, 5.41) is 3.44. The molecule has 1 fully saturated rings. The van der Waals surface area contributed by atoms with Gasteiger partial charge in [-0.15, -0.1) is 0 Å². The van der Waals surface area contributed by atoms with Crippen molar-refractivity contribution in [2.24, 2.45) is 5.92 Å². The Bertz CT molecular complexity index is 363. The predicted octanol–water partition coefficient (Wildman–Crippen LogP) is 1.67. The van der Waals surface area contributed by atoms with Crippen molar-refractivity contribution in [3.63, 3.8) is 0 Å². The fourth-order valence-electron chi connectivity index (χ4n) is 2.60. The summed E-state index contributed by atoms with van der Waals surface area (Å²) in [6.07, 6.45) is 2.78. The number of nitrogens with zero attached hydrogens (tertiary/aromatic N) is 2. The van der Waals surface area contributed by atoms with Crippen molar-refractivity contribution in [1.82, 2.24) is 13.9 Å². The number of hydrogen-bond donors (Lipinski definition) is 1. The summed E-state index contributed by atoms with van der Waals surface area (Å²) in [6.45, 7) is 11.7. The molecule has 0 unspecified atom stereocenters. The van der Waals surface area contributed by atoms with Gasteiger partial charge in [-0.2, -0.15) is 17.0 Å². The molecule has 1 rings (SSSR count). The first-order valence-electron chi connectivity index (χ1n) is 7.90. The highest BCUT2D eigenvalue weighted by atomic mass is 32.2. The maximum Gasteiger partial charge on any atom is 0.281 e. The van der Waals surface area contributed by atoms with Crippen molar-refractivity contribution >= 4 is 10.2 Å². The van der Waals surface area contributed by atoms with Crippen LogP contribution in [0.25, 0.3) is 0 Å². The topological polar surface area (TPSA) is 52.7 Å². The fraction of sp³-hybridized carbons (Fsp3) is 1.00. The van der Waals surface area contributed by atoms with Crippen molar-refractivity contribution in [2.75, 3.05) is 32.7 Å². The van der Waals surface area contributed by atoms with E-state index in [2.05, 4.69) is 19.2 Å². The molecular formula is C14H31N3O2S. The largest absolute Gasteiger partial charge is 0.314 e. The third kappa shape index (κ3) is 4.98. The molecule has 1 saturated heterocycles. The second-order valence-corrected chi connectivity index (χ2v) is 7.83. The first kappa shape index (κ1) is 17.9. The summed E-state index contributed by atoms with van der Waals surface area (Å²) in [5.41, 5.74) is 0. The zero-order chi connectivity index (χ0) is 15.2. The van der Waals surface area contributed by atoms with Gasteiger partial charge in [0.05, 0.1) is 0 Å². The Labute approximate surface area is 124 Å². The molecule has 0 radical (unpaired) electrons. The molecule has 0 saturated carbocycles. The molecule has 120 valence electrons. The molecule has 0 amide bonds. The monoisotopic (exact) mass is 305 g/mol. The number of hydrogen-bond acceptors (Lipinski definition) is 3. The molecule has 0 aromatic carbocycles. The lowest BCUT2D eigenvalue weighted by Crippen LogP contribution is -2.48. The molecule has 1 heterocycles. The summed E-state index contributed by atoms with van der Waals surface area (Å²) in [7, 11) is -3.24. The Balaban J connectivity index is 2.51. The molecule has 0 aromatic rings. The van der Waals surface area contributed by atoms with Gasteiger partial charge in [-0.05, 0) is 31.7 Å². The van der Waals surface area contributed by atoms with Crippen LogP contribution in [0.15, 0.2) is 0 Å².